The number of nitrogens with one attached hydrogen (secondary N) is 1. The molecule has 0 unspecified atom stereocenters. The molecule has 0 atom stereocenters. The minimum absolute atomic E-state index is 0.0833. The van der Waals surface area contributed by atoms with E-state index in [9.17, 15) is 4.79 Å². The maximum atomic E-state index is 12.0. The first-order chi connectivity index (χ1) is 9.16. The molecule has 1 aliphatic rings. The van der Waals surface area contributed by atoms with Crippen LogP contribution in [0.5, 0.6) is 0 Å². The van der Waals surface area contributed by atoms with Crippen molar-refractivity contribution < 1.29 is 9.53 Å². The van der Waals surface area contributed by atoms with Crippen molar-refractivity contribution in [3.8, 4) is 0 Å². The summed E-state index contributed by atoms with van der Waals surface area (Å²) in [4.78, 5) is 16.3. The van der Waals surface area contributed by atoms with Gasteiger partial charge in [-0.3, -0.25) is 4.79 Å². The zero-order chi connectivity index (χ0) is 14.3. The molecule has 4 nitrogen and oxygen atoms in total. The fraction of sp³-hybridized carbons (Fsp3) is 0.600. The number of rotatable bonds is 2. The van der Waals surface area contributed by atoms with E-state index in [0.717, 1.165) is 37.3 Å². The van der Waals surface area contributed by atoms with E-state index in [4.69, 9.17) is 4.74 Å². The summed E-state index contributed by atoms with van der Waals surface area (Å²) >= 11 is 0. The van der Waals surface area contributed by atoms with E-state index >= 15 is 0 Å². The smallest absolute Gasteiger partial charge is 0.270 e. The Bertz CT molecular complexity index is 413. The molecule has 0 radical (unpaired) electrons. The summed E-state index contributed by atoms with van der Waals surface area (Å²) in [6.07, 6.45) is 1.77. The number of aromatic nitrogens is 1. The molecule has 1 amide bonds. The number of amides is 1. The van der Waals surface area contributed by atoms with Crippen molar-refractivity contribution in [2.45, 2.75) is 46.6 Å². The highest BCUT2D eigenvalue weighted by Gasteiger charge is 2.17. The Morgan fingerprint density at radius 2 is 1.89 bits per heavy atom. The van der Waals surface area contributed by atoms with Gasteiger partial charge in [-0.25, -0.2) is 4.98 Å². The van der Waals surface area contributed by atoms with Gasteiger partial charge in [-0.05, 0) is 38.3 Å². The molecule has 0 aliphatic carbocycles. The number of nitrogens with zero attached hydrogens (tertiary/aromatic N) is 1. The van der Waals surface area contributed by atoms with Crippen molar-refractivity contribution in [2.24, 2.45) is 0 Å². The van der Waals surface area contributed by atoms with Crippen LogP contribution in [-0.2, 0) is 4.74 Å². The molecule has 19 heavy (non-hydrogen) atoms. The second-order valence-electron chi connectivity index (χ2n) is 4.46. The van der Waals surface area contributed by atoms with E-state index in [-0.39, 0.29) is 11.9 Å². The minimum atomic E-state index is -0.0833. The van der Waals surface area contributed by atoms with Crippen molar-refractivity contribution in [1.82, 2.24) is 10.3 Å². The van der Waals surface area contributed by atoms with Gasteiger partial charge in [0.25, 0.3) is 5.91 Å². The van der Waals surface area contributed by atoms with Gasteiger partial charge < -0.3 is 10.1 Å². The fourth-order valence-electron chi connectivity index (χ4n) is 1.86. The zero-order valence-corrected chi connectivity index (χ0v) is 12.3. The molecule has 4 heteroatoms. The Morgan fingerprint density at radius 3 is 2.47 bits per heavy atom. The number of hydrogen-bond donors (Lipinski definition) is 1. The Labute approximate surface area is 115 Å². The van der Waals surface area contributed by atoms with Crippen molar-refractivity contribution in [2.75, 3.05) is 13.2 Å². The SMILES string of the molecule is CC.Cc1ccc(C(=O)NC2CCOCC2)nc1C. The standard InChI is InChI=1S/C13H18N2O2.C2H6/c1-9-3-4-12(14-10(9)2)13(16)15-11-5-7-17-8-6-11;1-2/h3-4,11H,5-8H2,1-2H3,(H,15,16);1-2H3. The predicted molar refractivity (Wildman–Crippen MR) is 76.4 cm³/mol. The zero-order valence-electron chi connectivity index (χ0n) is 12.3. The largest absolute Gasteiger partial charge is 0.381 e. The quantitative estimate of drug-likeness (QED) is 0.893. The van der Waals surface area contributed by atoms with E-state index in [2.05, 4.69) is 10.3 Å². The van der Waals surface area contributed by atoms with Gasteiger partial charge in [0.15, 0.2) is 0 Å². The van der Waals surface area contributed by atoms with E-state index in [0.29, 0.717) is 5.69 Å². The molecule has 2 heterocycles. The molecule has 2 rings (SSSR count). The van der Waals surface area contributed by atoms with Gasteiger partial charge >= 0.3 is 0 Å². The van der Waals surface area contributed by atoms with Gasteiger partial charge in [0.05, 0.1) is 0 Å². The van der Waals surface area contributed by atoms with Crippen molar-refractivity contribution in [3.05, 3.63) is 29.1 Å². The maximum absolute atomic E-state index is 12.0. The molecule has 1 fully saturated rings. The van der Waals surface area contributed by atoms with Crippen molar-refractivity contribution in [1.29, 1.82) is 0 Å². The summed E-state index contributed by atoms with van der Waals surface area (Å²) in [5.74, 6) is -0.0833. The first kappa shape index (κ1) is 15.6. The summed E-state index contributed by atoms with van der Waals surface area (Å²) in [5.41, 5.74) is 2.51. The third-order valence-corrected chi connectivity index (χ3v) is 3.14. The Kier molecular flexibility index (Phi) is 6.50. The molecular formula is C15H24N2O2. The molecule has 0 saturated carbocycles. The van der Waals surface area contributed by atoms with E-state index in [1.54, 1.807) is 6.07 Å². The molecule has 0 aromatic carbocycles. The van der Waals surface area contributed by atoms with Gasteiger partial charge in [0.1, 0.15) is 5.69 Å². The van der Waals surface area contributed by atoms with Crippen LogP contribution in [0.2, 0.25) is 0 Å². The summed E-state index contributed by atoms with van der Waals surface area (Å²) in [7, 11) is 0. The summed E-state index contributed by atoms with van der Waals surface area (Å²) in [6.45, 7) is 9.36. The summed E-state index contributed by atoms with van der Waals surface area (Å²) < 4.78 is 5.25. The average Bonchev–Trinajstić information content (AvgIpc) is 2.45. The Hall–Kier alpha value is -1.42. The lowest BCUT2D eigenvalue weighted by Gasteiger charge is -2.22. The number of carbonyl (C=O) groups is 1. The summed E-state index contributed by atoms with van der Waals surface area (Å²) in [6, 6.07) is 3.93. The molecule has 1 saturated heterocycles. The highest BCUT2D eigenvalue weighted by atomic mass is 16.5. The highest BCUT2D eigenvalue weighted by molar-refractivity contribution is 5.92. The molecular weight excluding hydrogens is 240 g/mol. The van der Waals surface area contributed by atoms with E-state index in [1.165, 1.54) is 0 Å². The number of pyridine rings is 1. The number of carbonyl (C=O) groups excluding carboxylic acids is 1. The molecule has 106 valence electrons. The van der Waals surface area contributed by atoms with Crippen LogP contribution in [0.4, 0.5) is 0 Å². The average molecular weight is 264 g/mol. The fourth-order valence-corrected chi connectivity index (χ4v) is 1.86. The van der Waals surface area contributed by atoms with Crippen LogP contribution in [0.1, 0.15) is 48.4 Å². The predicted octanol–water partition coefficient (Wildman–Crippen LogP) is 2.63. The van der Waals surface area contributed by atoms with Crippen LogP contribution in [0.3, 0.4) is 0 Å². The molecule has 1 aromatic heterocycles. The third-order valence-electron chi connectivity index (χ3n) is 3.14. The van der Waals surface area contributed by atoms with Crippen LogP contribution in [-0.4, -0.2) is 30.1 Å². The van der Waals surface area contributed by atoms with Crippen molar-refractivity contribution in [3.63, 3.8) is 0 Å². The first-order valence-corrected chi connectivity index (χ1v) is 6.99. The van der Waals surface area contributed by atoms with Gasteiger partial charge in [0.2, 0.25) is 0 Å². The first-order valence-electron chi connectivity index (χ1n) is 6.99. The number of aryl methyl sites for hydroxylation is 2. The van der Waals surface area contributed by atoms with Gasteiger partial charge in [-0.1, -0.05) is 19.9 Å². The molecule has 1 aliphatic heterocycles. The van der Waals surface area contributed by atoms with Crippen LogP contribution in [0, 0.1) is 13.8 Å². The van der Waals surface area contributed by atoms with E-state index < -0.39 is 0 Å². The Morgan fingerprint density at radius 1 is 1.26 bits per heavy atom. The van der Waals surface area contributed by atoms with Crippen LogP contribution in [0.25, 0.3) is 0 Å². The second kappa shape index (κ2) is 7.89. The molecule has 1 N–H and O–H groups in total. The monoisotopic (exact) mass is 264 g/mol. The Balaban J connectivity index is 0.000000861. The highest BCUT2D eigenvalue weighted by Crippen LogP contribution is 2.09. The third kappa shape index (κ3) is 4.63. The van der Waals surface area contributed by atoms with Crippen LogP contribution < -0.4 is 5.32 Å². The maximum Gasteiger partial charge on any atom is 0.270 e. The molecule has 0 spiro atoms. The van der Waals surface area contributed by atoms with Gasteiger partial charge in [-0.2, -0.15) is 0 Å². The molecule has 1 aromatic rings. The lowest BCUT2D eigenvalue weighted by Crippen LogP contribution is -2.39. The lowest BCUT2D eigenvalue weighted by atomic mass is 10.1. The number of hydrogen-bond acceptors (Lipinski definition) is 3. The topological polar surface area (TPSA) is 51.2 Å². The summed E-state index contributed by atoms with van der Waals surface area (Å²) in [5, 5.41) is 3.00. The van der Waals surface area contributed by atoms with Crippen LogP contribution in [0.15, 0.2) is 12.1 Å². The van der Waals surface area contributed by atoms with Gasteiger partial charge in [-0.15, -0.1) is 0 Å². The molecule has 0 bridgehead atoms. The lowest BCUT2D eigenvalue weighted by molar-refractivity contribution is 0.0694. The normalized spacial score (nSPS) is 15.4. The minimum Gasteiger partial charge on any atom is -0.381 e. The van der Waals surface area contributed by atoms with Crippen molar-refractivity contribution >= 4 is 5.91 Å². The second-order valence-corrected chi connectivity index (χ2v) is 4.46. The van der Waals surface area contributed by atoms with E-state index in [1.807, 2.05) is 33.8 Å². The number of ether oxygens (including phenoxy) is 1. The van der Waals surface area contributed by atoms with Gasteiger partial charge in [0, 0.05) is 24.9 Å². The van der Waals surface area contributed by atoms with Crippen LogP contribution >= 0.6 is 0 Å².